The Kier molecular flexibility index (Phi) is 5.57. The normalized spacial score (nSPS) is 15.0. The van der Waals surface area contributed by atoms with Gasteiger partial charge in [-0.2, -0.15) is 11.8 Å². The van der Waals surface area contributed by atoms with E-state index in [2.05, 4.69) is 21.5 Å². The van der Waals surface area contributed by atoms with E-state index >= 15 is 0 Å². The fourth-order valence-electron chi connectivity index (χ4n) is 2.64. The molecule has 0 saturated carbocycles. The Balaban J connectivity index is 1.79. The molecule has 2 aromatic rings. The number of aliphatic imine (C=N–C) groups is 1. The van der Waals surface area contributed by atoms with Crippen molar-refractivity contribution in [1.82, 2.24) is 9.55 Å². The Morgan fingerprint density at radius 2 is 2.08 bits per heavy atom. The first kappa shape index (κ1) is 18.0. The molecule has 1 saturated heterocycles. The fourth-order valence-corrected chi connectivity index (χ4v) is 3.54. The summed E-state index contributed by atoms with van der Waals surface area (Å²) in [5, 5.41) is 11.0. The second-order valence-corrected chi connectivity index (χ2v) is 6.79. The fraction of sp³-hybridized carbons (Fsp3) is 0.294. The molecule has 0 amide bonds. The lowest BCUT2D eigenvalue weighted by Gasteiger charge is -2.28. The SMILES string of the molecule is C=CN=C(Oc1ccc(N2CCSCC2)cc1)c1ncc([N+](=O)[O-])n1C. The lowest BCUT2D eigenvalue weighted by atomic mass is 10.2. The lowest BCUT2D eigenvalue weighted by molar-refractivity contribution is -0.391. The number of anilines is 1. The third-order valence-electron chi connectivity index (χ3n) is 3.98. The Morgan fingerprint density at radius 1 is 1.38 bits per heavy atom. The van der Waals surface area contributed by atoms with Gasteiger partial charge in [0.15, 0.2) is 0 Å². The van der Waals surface area contributed by atoms with Gasteiger partial charge in [0.25, 0.3) is 11.7 Å². The molecule has 0 bridgehead atoms. The monoisotopic (exact) mass is 373 g/mol. The van der Waals surface area contributed by atoms with E-state index in [0.29, 0.717) is 5.75 Å². The molecule has 0 N–H and O–H groups in total. The maximum absolute atomic E-state index is 11.0. The van der Waals surface area contributed by atoms with Crippen LogP contribution in [-0.4, -0.2) is 45.0 Å². The molecule has 136 valence electrons. The van der Waals surface area contributed by atoms with Gasteiger partial charge >= 0.3 is 5.82 Å². The van der Waals surface area contributed by atoms with Crippen LogP contribution in [0.15, 0.2) is 48.2 Å². The first-order valence-corrected chi connectivity index (χ1v) is 9.21. The molecule has 8 nitrogen and oxygen atoms in total. The largest absolute Gasteiger partial charge is 0.434 e. The third kappa shape index (κ3) is 3.88. The quantitative estimate of drug-likeness (QED) is 0.347. The predicted octanol–water partition coefficient (Wildman–Crippen LogP) is 2.85. The van der Waals surface area contributed by atoms with Crippen molar-refractivity contribution in [2.45, 2.75) is 0 Å². The topological polar surface area (TPSA) is 85.8 Å². The smallest absolute Gasteiger partial charge is 0.343 e. The van der Waals surface area contributed by atoms with E-state index in [1.165, 1.54) is 17.0 Å². The summed E-state index contributed by atoms with van der Waals surface area (Å²) in [5.41, 5.74) is 1.15. The summed E-state index contributed by atoms with van der Waals surface area (Å²) < 4.78 is 7.13. The van der Waals surface area contributed by atoms with E-state index in [1.807, 2.05) is 36.0 Å². The second kappa shape index (κ2) is 8.05. The number of benzene rings is 1. The molecule has 3 rings (SSSR count). The van der Waals surface area contributed by atoms with Gasteiger partial charge in [0.05, 0.1) is 7.05 Å². The van der Waals surface area contributed by atoms with Gasteiger partial charge in [-0.05, 0) is 29.2 Å². The van der Waals surface area contributed by atoms with E-state index in [0.717, 1.165) is 30.3 Å². The molecule has 1 aromatic carbocycles. The maximum Gasteiger partial charge on any atom is 0.343 e. The first-order valence-electron chi connectivity index (χ1n) is 8.06. The van der Waals surface area contributed by atoms with E-state index in [4.69, 9.17) is 4.74 Å². The van der Waals surface area contributed by atoms with Crippen molar-refractivity contribution in [3.8, 4) is 5.75 Å². The molecule has 1 aliphatic heterocycles. The highest BCUT2D eigenvalue weighted by Crippen LogP contribution is 2.23. The molecule has 1 fully saturated rings. The standard InChI is InChI=1S/C17H19N5O3S/c1-3-18-17(16-19-12-15(20(16)2)22(23)24)25-14-6-4-13(5-7-14)21-8-10-26-11-9-21/h3-7,12H,1,8-11H2,2H3. The minimum Gasteiger partial charge on any atom is -0.434 e. The van der Waals surface area contributed by atoms with Gasteiger partial charge in [0, 0.05) is 36.5 Å². The number of imidazole rings is 1. The zero-order chi connectivity index (χ0) is 18.5. The van der Waals surface area contributed by atoms with Crippen LogP contribution in [0, 0.1) is 10.1 Å². The van der Waals surface area contributed by atoms with Crippen molar-refractivity contribution in [3.05, 3.63) is 59.2 Å². The number of hydrogen-bond donors (Lipinski definition) is 0. The van der Waals surface area contributed by atoms with Gasteiger partial charge in [0.1, 0.15) is 11.9 Å². The van der Waals surface area contributed by atoms with Gasteiger partial charge in [0.2, 0.25) is 0 Å². The number of ether oxygens (including phenoxy) is 1. The van der Waals surface area contributed by atoms with Gasteiger partial charge in [-0.25, -0.2) is 14.5 Å². The van der Waals surface area contributed by atoms with Crippen LogP contribution in [0.3, 0.4) is 0 Å². The van der Waals surface area contributed by atoms with Crippen molar-refractivity contribution in [2.24, 2.45) is 12.0 Å². The van der Waals surface area contributed by atoms with Gasteiger partial charge < -0.3 is 19.8 Å². The zero-order valence-electron chi connectivity index (χ0n) is 14.4. The van der Waals surface area contributed by atoms with Crippen LogP contribution in [0.25, 0.3) is 0 Å². The van der Waals surface area contributed by atoms with Crippen LogP contribution in [0.2, 0.25) is 0 Å². The third-order valence-corrected chi connectivity index (χ3v) is 4.92. The number of aromatic nitrogens is 2. The lowest BCUT2D eigenvalue weighted by Crippen LogP contribution is -2.32. The van der Waals surface area contributed by atoms with Crippen molar-refractivity contribution in [3.63, 3.8) is 0 Å². The van der Waals surface area contributed by atoms with Crippen LogP contribution in [0.1, 0.15) is 5.82 Å². The predicted molar refractivity (Wildman–Crippen MR) is 103 cm³/mol. The summed E-state index contributed by atoms with van der Waals surface area (Å²) >= 11 is 1.96. The molecule has 0 spiro atoms. The van der Waals surface area contributed by atoms with Gasteiger partial charge in [-0.15, -0.1) is 0 Å². The van der Waals surface area contributed by atoms with Gasteiger partial charge in [-0.3, -0.25) is 0 Å². The first-order chi connectivity index (χ1) is 12.6. The molecule has 0 radical (unpaired) electrons. The van der Waals surface area contributed by atoms with Crippen molar-refractivity contribution < 1.29 is 9.66 Å². The number of nitrogens with zero attached hydrogens (tertiary/aromatic N) is 5. The molecule has 1 aliphatic rings. The van der Waals surface area contributed by atoms with E-state index in [1.54, 1.807) is 7.05 Å². The van der Waals surface area contributed by atoms with E-state index in [9.17, 15) is 10.1 Å². The average Bonchev–Trinajstić information content (AvgIpc) is 3.04. The molecule has 0 atom stereocenters. The zero-order valence-corrected chi connectivity index (χ0v) is 15.2. The number of hydrogen-bond acceptors (Lipinski definition) is 7. The van der Waals surface area contributed by atoms with E-state index < -0.39 is 4.92 Å². The summed E-state index contributed by atoms with van der Waals surface area (Å²) in [5.74, 6) is 3.11. The Bertz CT molecular complexity index is 825. The highest BCUT2D eigenvalue weighted by molar-refractivity contribution is 7.99. The molecular weight excluding hydrogens is 354 g/mol. The minimum absolute atomic E-state index is 0.140. The molecule has 0 aliphatic carbocycles. The van der Waals surface area contributed by atoms with Crippen LogP contribution in [0.5, 0.6) is 5.75 Å². The molecular formula is C17H19N5O3S. The van der Waals surface area contributed by atoms with Crippen LogP contribution in [-0.2, 0) is 7.05 Å². The molecule has 26 heavy (non-hydrogen) atoms. The summed E-state index contributed by atoms with van der Waals surface area (Å²) in [6, 6.07) is 7.70. The van der Waals surface area contributed by atoms with Crippen molar-refractivity contribution in [1.29, 1.82) is 0 Å². The summed E-state index contributed by atoms with van der Waals surface area (Å²) in [6.07, 6.45) is 2.49. The van der Waals surface area contributed by atoms with Crippen LogP contribution in [0.4, 0.5) is 11.5 Å². The van der Waals surface area contributed by atoms with Crippen LogP contribution >= 0.6 is 11.8 Å². The van der Waals surface area contributed by atoms with Gasteiger partial charge in [-0.1, -0.05) is 6.58 Å². The van der Waals surface area contributed by atoms with Crippen LogP contribution < -0.4 is 9.64 Å². The molecule has 9 heteroatoms. The summed E-state index contributed by atoms with van der Waals surface area (Å²) in [4.78, 5) is 21.0. The maximum atomic E-state index is 11.0. The molecule has 1 aromatic heterocycles. The molecule has 0 unspecified atom stereocenters. The highest BCUT2D eigenvalue weighted by atomic mass is 32.2. The average molecular weight is 373 g/mol. The summed E-state index contributed by atoms with van der Waals surface area (Å²) in [7, 11) is 1.54. The van der Waals surface area contributed by atoms with E-state index in [-0.39, 0.29) is 17.5 Å². The summed E-state index contributed by atoms with van der Waals surface area (Å²) in [6.45, 7) is 5.63. The number of rotatable bonds is 5. The second-order valence-electron chi connectivity index (χ2n) is 5.57. The molecule has 2 heterocycles. The van der Waals surface area contributed by atoms with Crippen molar-refractivity contribution in [2.75, 3.05) is 29.5 Å². The Labute approximate surface area is 155 Å². The Hall–Kier alpha value is -2.81. The Morgan fingerprint density at radius 3 is 2.65 bits per heavy atom. The number of nitro groups is 1. The minimum atomic E-state index is -0.506. The highest BCUT2D eigenvalue weighted by Gasteiger charge is 2.23. The number of thioether (sulfide) groups is 1. The van der Waals surface area contributed by atoms with Crippen molar-refractivity contribution >= 4 is 29.2 Å².